The number of hydrogen-bond acceptors (Lipinski definition) is 6. The lowest BCUT2D eigenvalue weighted by atomic mass is 10.0. The highest BCUT2D eigenvalue weighted by Crippen LogP contribution is 2.24. The molecule has 7 heteroatoms. The largest absolute Gasteiger partial charge is 0.484 e. The van der Waals surface area contributed by atoms with Crippen molar-refractivity contribution in [2.45, 2.75) is 13.0 Å². The van der Waals surface area contributed by atoms with Crippen LogP contribution < -0.4 is 4.74 Å². The van der Waals surface area contributed by atoms with Gasteiger partial charge in [0.2, 0.25) is 6.39 Å². The SMILES string of the molecule is O=C(/C=C/c1cnccc1-c1ccc(F)cc1)Cc1ccc(OCc2nnco2)cc1. The molecule has 0 fully saturated rings. The van der Waals surface area contributed by atoms with Crippen molar-refractivity contribution in [3.8, 4) is 16.9 Å². The van der Waals surface area contributed by atoms with E-state index in [4.69, 9.17) is 9.15 Å². The summed E-state index contributed by atoms with van der Waals surface area (Å²) >= 11 is 0. The van der Waals surface area contributed by atoms with Crippen molar-refractivity contribution >= 4 is 11.9 Å². The van der Waals surface area contributed by atoms with E-state index in [0.717, 1.165) is 22.3 Å². The molecule has 4 aromatic rings. The Labute approximate surface area is 178 Å². The summed E-state index contributed by atoms with van der Waals surface area (Å²) < 4.78 is 23.8. The van der Waals surface area contributed by atoms with E-state index in [0.29, 0.717) is 11.6 Å². The first-order valence-electron chi connectivity index (χ1n) is 9.55. The summed E-state index contributed by atoms with van der Waals surface area (Å²) in [5.74, 6) is 0.689. The molecule has 2 aromatic heterocycles. The molecule has 0 aliphatic rings. The molecule has 0 radical (unpaired) electrons. The van der Waals surface area contributed by atoms with Gasteiger partial charge in [-0.25, -0.2) is 4.39 Å². The third kappa shape index (κ3) is 5.48. The molecule has 0 spiro atoms. The van der Waals surface area contributed by atoms with E-state index < -0.39 is 0 Å². The van der Waals surface area contributed by atoms with Crippen LogP contribution in [0.1, 0.15) is 17.0 Å². The van der Waals surface area contributed by atoms with Gasteiger partial charge in [-0.15, -0.1) is 10.2 Å². The lowest BCUT2D eigenvalue weighted by molar-refractivity contribution is -0.113. The van der Waals surface area contributed by atoms with Crippen molar-refractivity contribution in [3.63, 3.8) is 0 Å². The van der Waals surface area contributed by atoms with Crippen LogP contribution in [0.2, 0.25) is 0 Å². The van der Waals surface area contributed by atoms with Crippen molar-refractivity contribution in [2.24, 2.45) is 0 Å². The summed E-state index contributed by atoms with van der Waals surface area (Å²) in [5, 5.41) is 7.33. The van der Waals surface area contributed by atoms with Gasteiger partial charge in [-0.2, -0.15) is 0 Å². The molecule has 0 unspecified atom stereocenters. The summed E-state index contributed by atoms with van der Waals surface area (Å²) in [6.07, 6.45) is 8.11. The number of benzene rings is 2. The van der Waals surface area contributed by atoms with Gasteiger partial charge in [0.15, 0.2) is 12.4 Å². The molecule has 2 heterocycles. The maximum Gasteiger partial charge on any atom is 0.253 e. The molecule has 2 aromatic carbocycles. The Kier molecular flexibility index (Phi) is 6.23. The van der Waals surface area contributed by atoms with Crippen LogP contribution in [0, 0.1) is 5.82 Å². The predicted octanol–water partition coefficient (Wildman–Crippen LogP) is 4.67. The van der Waals surface area contributed by atoms with Crippen LogP contribution >= 0.6 is 0 Å². The monoisotopic (exact) mass is 415 g/mol. The smallest absolute Gasteiger partial charge is 0.253 e. The Hall–Kier alpha value is -4.13. The van der Waals surface area contributed by atoms with Crippen molar-refractivity contribution in [1.82, 2.24) is 15.2 Å². The minimum Gasteiger partial charge on any atom is -0.484 e. The number of hydrogen-bond donors (Lipinski definition) is 0. The Morgan fingerprint density at radius 1 is 1.06 bits per heavy atom. The number of ketones is 1. The Morgan fingerprint density at radius 2 is 1.87 bits per heavy atom. The Balaban J connectivity index is 1.38. The van der Waals surface area contributed by atoms with Gasteiger partial charge in [0, 0.05) is 24.4 Å². The number of pyridine rings is 1. The molecule has 6 nitrogen and oxygen atoms in total. The maximum atomic E-state index is 13.2. The quantitative estimate of drug-likeness (QED) is 0.389. The van der Waals surface area contributed by atoms with E-state index in [1.807, 2.05) is 18.2 Å². The van der Waals surface area contributed by atoms with Gasteiger partial charge in [0.1, 0.15) is 11.6 Å². The average molecular weight is 415 g/mol. The highest BCUT2D eigenvalue weighted by Gasteiger charge is 2.06. The molecular formula is C24H18FN3O3. The van der Waals surface area contributed by atoms with Crippen molar-refractivity contribution in [2.75, 3.05) is 0 Å². The van der Waals surface area contributed by atoms with E-state index in [9.17, 15) is 9.18 Å². The zero-order chi connectivity index (χ0) is 21.5. The first-order chi connectivity index (χ1) is 15.2. The summed E-state index contributed by atoms with van der Waals surface area (Å²) in [6.45, 7) is 0.183. The topological polar surface area (TPSA) is 78.1 Å². The van der Waals surface area contributed by atoms with E-state index in [2.05, 4.69) is 15.2 Å². The number of allylic oxidation sites excluding steroid dienone is 1. The molecule has 154 valence electrons. The number of carbonyl (C=O) groups excluding carboxylic acids is 1. The van der Waals surface area contributed by atoms with Gasteiger partial charge < -0.3 is 9.15 Å². The lowest BCUT2D eigenvalue weighted by Crippen LogP contribution is -1.99. The maximum absolute atomic E-state index is 13.2. The lowest BCUT2D eigenvalue weighted by Gasteiger charge is -2.06. The zero-order valence-electron chi connectivity index (χ0n) is 16.4. The van der Waals surface area contributed by atoms with Crippen molar-refractivity contribution in [3.05, 3.63) is 102 Å². The minimum atomic E-state index is -0.295. The molecule has 0 amide bonds. The minimum absolute atomic E-state index is 0.0477. The average Bonchev–Trinajstić information content (AvgIpc) is 3.32. The van der Waals surface area contributed by atoms with Gasteiger partial charge in [0.05, 0.1) is 0 Å². The van der Waals surface area contributed by atoms with Gasteiger partial charge in [-0.3, -0.25) is 9.78 Å². The molecular weight excluding hydrogens is 397 g/mol. The molecule has 0 aliphatic heterocycles. The van der Waals surface area contributed by atoms with E-state index in [1.165, 1.54) is 24.6 Å². The van der Waals surface area contributed by atoms with Gasteiger partial charge in [0.25, 0.3) is 5.89 Å². The number of nitrogens with zero attached hydrogens (tertiary/aromatic N) is 3. The standard InChI is InChI=1S/C24H18FN3O3/c25-20-6-3-18(4-7-20)23-11-12-26-14-19(23)5-8-21(29)13-17-1-9-22(10-2-17)30-15-24-28-27-16-31-24/h1-12,14,16H,13,15H2/b8-5+. The van der Waals surface area contributed by atoms with E-state index in [1.54, 1.807) is 42.7 Å². The van der Waals surface area contributed by atoms with Gasteiger partial charge in [-0.1, -0.05) is 24.3 Å². The van der Waals surface area contributed by atoms with Crippen molar-refractivity contribution in [1.29, 1.82) is 0 Å². The number of aromatic nitrogens is 3. The third-order valence-electron chi connectivity index (χ3n) is 4.53. The number of rotatable bonds is 8. The van der Waals surface area contributed by atoms with E-state index in [-0.39, 0.29) is 24.6 Å². The summed E-state index contributed by atoms with van der Waals surface area (Å²) in [7, 11) is 0. The number of halogens is 1. The van der Waals surface area contributed by atoms with Gasteiger partial charge in [-0.05, 0) is 59.2 Å². The molecule has 0 aliphatic carbocycles. The van der Waals surface area contributed by atoms with Crippen LogP contribution in [0.15, 0.2) is 83.9 Å². The van der Waals surface area contributed by atoms with Crippen LogP contribution in [-0.2, 0) is 17.8 Å². The van der Waals surface area contributed by atoms with Crippen LogP contribution in [0.4, 0.5) is 4.39 Å². The highest BCUT2D eigenvalue weighted by atomic mass is 19.1. The summed E-state index contributed by atoms with van der Waals surface area (Å²) in [5.41, 5.74) is 3.38. The molecule has 0 N–H and O–H groups in total. The molecule has 31 heavy (non-hydrogen) atoms. The fourth-order valence-corrected chi connectivity index (χ4v) is 2.98. The normalized spacial score (nSPS) is 11.0. The van der Waals surface area contributed by atoms with Crippen LogP contribution in [0.5, 0.6) is 5.75 Å². The van der Waals surface area contributed by atoms with Crippen LogP contribution in [0.3, 0.4) is 0 Å². The molecule has 0 atom stereocenters. The highest BCUT2D eigenvalue weighted by molar-refractivity contribution is 5.96. The predicted molar refractivity (Wildman–Crippen MR) is 112 cm³/mol. The Morgan fingerprint density at radius 3 is 2.61 bits per heavy atom. The summed E-state index contributed by atoms with van der Waals surface area (Å²) in [6, 6.07) is 15.3. The second-order valence-electron chi connectivity index (χ2n) is 6.71. The fourth-order valence-electron chi connectivity index (χ4n) is 2.98. The molecule has 0 saturated heterocycles. The first-order valence-corrected chi connectivity index (χ1v) is 9.55. The number of ether oxygens (including phenoxy) is 1. The molecule has 4 rings (SSSR count). The Bertz CT molecular complexity index is 1170. The van der Waals surface area contributed by atoms with E-state index >= 15 is 0 Å². The molecule has 0 bridgehead atoms. The second kappa shape index (κ2) is 9.58. The first kappa shape index (κ1) is 20.2. The second-order valence-corrected chi connectivity index (χ2v) is 6.71. The fraction of sp³-hybridized carbons (Fsp3) is 0.0833. The summed E-state index contributed by atoms with van der Waals surface area (Å²) in [4.78, 5) is 16.6. The van der Waals surface area contributed by atoms with Gasteiger partial charge >= 0.3 is 0 Å². The van der Waals surface area contributed by atoms with Crippen LogP contribution in [0.25, 0.3) is 17.2 Å². The van der Waals surface area contributed by atoms with Crippen LogP contribution in [-0.4, -0.2) is 21.0 Å². The zero-order valence-corrected chi connectivity index (χ0v) is 16.4. The molecule has 0 saturated carbocycles. The van der Waals surface area contributed by atoms with Crippen molar-refractivity contribution < 1.29 is 18.3 Å². The number of carbonyl (C=O) groups is 1. The third-order valence-corrected chi connectivity index (χ3v) is 4.53.